The number of amides is 1. The summed E-state index contributed by atoms with van der Waals surface area (Å²) in [6.45, 7) is 1.60. The number of hydrogen-bond acceptors (Lipinski definition) is 3. The minimum Gasteiger partial charge on any atom is -0.334 e. The molecule has 0 unspecified atom stereocenters. The molecule has 22 heavy (non-hydrogen) atoms. The summed E-state index contributed by atoms with van der Waals surface area (Å²) in [5.74, 6) is -0.144. The lowest BCUT2D eigenvalue weighted by Crippen LogP contribution is -2.33. The topological polar surface area (TPSA) is 68.3 Å². The summed E-state index contributed by atoms with van der Waals surface area (Å²) in [5.41, 5.74) is 6.84. The standard InChI is InChI=1S/C17H21N3O2/c1-19-11-8-15(12-16(19)21)17(22)20(10-5-9-18)13-14-6-3-2-4-7-14/h2-4,6-8,11-12H,5,9-10,13,18H2,1H3. The van der Waals surface area contributed by atoms with Gasteiger partial charge in [-0.2, -0.15) is 0 Å². The molecule has 0 aliphatic heterocycles. The monoisotopic (exact) mass is 299 g/mol. The van der Waals surface area contributed by atoms with Crippen LogP contribution in [0.2, 0.25) is 0 Å². The molecule has 0 spiro atoms. The summed E-state index contributed by atoms with van der Waals surface area (Å²) in [6, 6.07) is 12.8. The van der Waals surface area contributed by atoms with Gasteiger partial charge in [0, 0.05) is 38.0 Å². The zero-order valence-electron chi connectivity index (χ0n) is 12.7. The Morgan fingerprint density at radius 2 is 1.95 bits per heavy atom. The number of nitrogens with two attached hydrogens (primary N) is 1. The van der Waals surface area contributed by atoms with E-state index in [0.717, 1.165) is 12.0 Å². The van der Waals surface area contributed by atoms with Gasteiger partial charge in [-0.15, -0.1) is 0 Å². The van der Waals surface area contributed by atoms with Crippen molar-refractivity contribution in [1.82, 2.24) is 9.47 Å². The normalized spacial score (nSPS) is 10.5. The fourth-order valence-corrected chi connectivity index (χ4v) is 2.20. The van der Waals surface area contributed by atoms with Gasteiger partial charge in [0.05, 0.1) is 0 Å². The van der Waals surface area contributed by atoms with Crippen molar-refractivity contribution >= 4 is 5.91 Å². The molecule has 1 amide bonds. The highest BCUT2D eigenvalue weighted by Gasteiger charge is 2.16. The zero-order chi connectivity index (χ0) is 15.9. The van der Waals surface area contributed by atoms with E-state index >= 15 is 0 Å². The number of aryl methyl sites for hydroxylation is 1. The first-order chi connectivity index (χ1) is 10.6. The molecule has 0 bridgehead atoms. The molecular weight excluding hydrogens is 278 g/mol. The number of aromatic nitrogens is 1. The van der Waals surface area contributed by atoms with E-state index < -0.39 is 0 Å². The summed E-state index contributed by atoms with van der Waals surface area (Å²) in [5, 5.41) is 0. The molecule has 2 rings (SSSR count). The SMILES string of the molecule is Cn1ccc(C(=O)N(CCCN)Cc2ccccc2)cc1=O. The van der Waals surface area contributed by atoms with Crippen molar-refractivity contribution in [1.29, 1.82) is 0 Å². The maximum absolute atomic E-state index is 12.7. The molecule has 0 fully saturated rings. The van der Waals surface area contributed by atoms with Gasteiger partial charge in [-0.1, -0.05) is 30.3 Å². The number of benzene rings is 1. The summed E-state index contributed by atoms with van der Waals surface area (Å²) < 4.78 is 1.44. The Hall–Kier alpha value is -2.40. The second-order valence-corrected chi connectivity index (χ2v) is 5.22. The van der Waals surface area contributed by atoms with Gasteiger partial charge >= 0.3 is 0 Å². The van der Waals surface area contributed by atoms with E-state index in [2.05, 4.69) is 0 Å². The highest BCUT2D eigenvalue weighted by atomic mass is 16.2. The van der Waals surface area contributed by atoms with Gasteiger partial charge in [0.2, 0.25) is 0 Å². The third-order valence-electron chi connectivity index (χ3n) is 3.49. The van der Waals surface area contributed by atoms with Crippen molar-refractivity contribution in [3.8, 4) is 0 Å². The van der Waals surface area contributed by atoms with Crippen LogP contribution >= 0.6 is 0 Å². The summed E-state index contributed by atoms with van der Waals surface area (Å²) >= 11 is 0. The Morgan fingerprint density at radius 1 is 1.23 bits per heavy atom. The molecule has 2 N–H and O–H groups in total. The lowest BCUT2D eigenvalue weighted by molar-refractivity contribution is 0.0742. The molecule has 5 nitrogen and oxygen atoms in total. The van der Waals surface area contributed by atoms with E-state index in [1.54, 1.807) is 24.2 Å². The van der Waals surface area contributed by atoms with Gasteiger partial charge in [-0.25, -0.2) is 0 Å². The molecule has 0 aliphatic carbocycles. The minimum absolute atomic E-state index is 0.144. The van der Waals surface area contributed by atoms with Crippen LogP contribution in [0, 0.1) is 0 Å². The van der Waals surface area contributed by atoms with Crippen LogP contribution < -0.4 is 11.3 Å². The third-order valence-corrected chi connectivity index (χ3v) is 3.49. The molecule has 1 aromatic carbocycles. The molecular formula is C17H21N3O2. The van der Waals surface area contributed by atoms with Gasteiger partial charge in [0.25, 0.3) is 11.5 Å². The van der Waals surface area contributed by atoms with E-state index in [1.807, 2.05) is 30.3 Å². The van der Waals surface area contributed by atoms with Crippen molar-refractivity contribution in [2.75, 3.05) is 13.1 Å². The van der Waals surface area contributed by atoms with Gasteiger partial charge in [0.1, 0.15) is 0 Å². The van der Waals surface area contributed by atoms with Crippen LogP contribution in [-0.4, -0.2) is 28.5 Å². The average Bonchev–Trinajstić information content (AvgIpc) is 2.54. The second-order valence-electron chi connectivity index (χ2n) is 5.22. The molecule has 0 atom stereocenters. The molecule has 0 saturated carbocycles. The number of pyridine rings is 1. The highest BCUT2D eigenvalue weighted by Crippen LogP contribution is 2.09. The fourth-order valence-electron chi connectivity index (χ4n) is 2.20. The van der Waals surface area contributed by atoms with E-state index in [1.165, 1.54) is 10.6 Å². The maximum atomic E-state index is 12.7. The molecule has 1 heterocycles. The molecule has 0 radical (unpaired) electrons. The van der Waals surface area contributed by atoms with Gasteiger partial charge < -0.3 is 15.2 Å². The van der Waals surface area contributed by atoms with E-state index in [9.17, 15) is 9.59 Å². The number of carbonyl (C=O) groups excluding carboxylic acids is 1. The number of carbonyl (C=O) groups is 1. The van der Waals surface area contributed by atoms with Gasteiger partial charge in [-0.3, -0.25) is 9.59 Å². The Morgan fingerprint density at radius 3 is 2.59 bits per heavy atom. The van der Waals surface area contributed by atoms with Crippen LogP contribution in [0.1, 0.15) is 22.3 Å². The predicted molar refractivity (Wildman–Crippen MR) is 86.5 cm³/mol. The van der Waals surface area contributed by atoms with Crippen LogP contribution in [0.15, 0.2) is 53.5 Å². The Labute approximate surface area is 130 Å². The maximum Gasteiger partial charge on any atom is 0.254 e. The van der Waals surface area contributed by atoms with Crippen molar-refractivity contribution in [3.63, 3.8) is 0 Å². The largest absolute Gasteiger partial charge is 0.334 e. The van der Waals surface area contributed by atoms with Crippen LogP contribution in [0.5, 0.6) is 0 Å². The summed E-state index contributed by atoms with van der Waals surface area (Å²) in [4.78, 5) is 26.1. The second kappa shape index (κ2) is 7.56. The first kappa shape index (κ1) is 16.0. The third kappa shape index (κ3) is 4.05. The minimum atomic E-state index is -0.190. The van der Waals surface area contributed by atoms with Crippen LogP contribution in [0.4, 0.5) is 0 Å². The highest BCUT2D eigenvalue weighted by molar-refractivity contribution is 5.94. The summed E-state index contributed by atoms with van der Waals surface area (Å²) in [7, 11) is 1.66. The van der Waals surface area contributed by atoms with Crippen molar-refractivity contribution in [3.05, 3.63) is 70.1 Å². The average molecular weight is 299 g/mol. The Kier molecular flexibility index (Phi) is 5.49. The molecule has 0 aliphatic rings. The lowest BCUT2D eigenvalue weighted by atomic mass is 10.1. The van der Waals surface area contributed by atoms with Gasteiger partial charge in [-0.05, 0) is 24.6 Å². The smallest absolute Gasteiger partial charge is 0.254 e. The van der Waals surface area contributed by atoms with Crippen LogP contribution in [0.25, 0.3) is 0 Å². The number of rotatable bonds is 6. The number of nitrogens with zero attached hydrogens (tertiary/aromatic N) is 2. The van der Waals surface area contributed by atoms with E-state index in [4.69, 9.17) is 5.73 Å². The van der Waals surface area contributed by atoms with Crippen LogP contribution in [-0.2, 0) is 13.6 Å². The molecule has 5 heteroatoms. The molecule has 116 valence electrons. The molecule has 0 saturated heterocycles. The Balaban J connectivity index is 2.21. The lowest BCUT2D eigenvalue weighted by Gasteiger charge is -2.23. The van der Waals surface area contributed by atoms with E-state index in [0.29, 0.717) is 25.2 Å². The Bertz CT molecular complexity index is 680. The quantitative estimate of drug-likeness (QED) is 0.876. The zero-order valence-corrected chi connectivity index (χ0v) is 12.7. The number of hydrogen-bond donors (Lipinski definition) is 1. The first-order valence-corrected chi connectivity index (χ1v) is 7.32. The summed E-state index contributed by atoms with van der Waals surface area (Å²) in [6.07, 6.45) is 2.34. The van der Waals surface area contributed by atoms with Crippen molar-refractivity contribution < 1.29 is 4.79 Å². The van der Waals surface area contributed by atoms with E-state index in [-0.39, 0.29) is 11.5 Å². The fraction of sp³-hybridized carbons (Fsp3) is 0.294. The predicted octanol–water partition coefficient (Wildman–Crippen LogP) is 1.38. The molecule has 2 aromatic rings. The van der Waals surface area contributed by atoms with Gasteiger partial charge in [0.15, 0.2) is 0 Å². The first-order valence-electron chi connectivity index (χ1n) is 7.32. The molecule has 1 aromatic heterocycles. The van der Waals surface area contributed by atoms with Crippen molar-refractivity contribution in [2.24, 2.45) is 12.8 Å². The van der Waals surface area contributed by atoms with Crippen LogP contribution in [0.3, 0.4) is 0 Å². The van der Waals surface area contributed by atoms with Crippen molar-refractivity contribution in [2.45, 2.75) is 13.0 Å².